The van der Waals surface area contributed by atoms with E-state index in [2.05, 4.69) is 15.0 Å². The lowest BCUT2D eigenvalue weighted by atomic mass is 10.1. The first-order valence-corrected chi connectivity index (χ1v) is 9.37. The van der Waals surface area contributed by atoms with Crippen molar-refractivity contribution in [1.82, 2.24) is 15.0 Å². The summed E-state index contributed by atoms with van der Waals surface area (Å²) in [7, 11) is 0. The predicted molar refractivity (Wildman–Crippen MR) is 109 cm³/mol. The number of ether oxygens (including phenoxy) is 2. The standard InChI is InChI=1S/C21H20N4O5/c1-4-28-21(27)16-11(3)30-19-17(16)18(22)24-14(25-19)9-29-20(26)15-10(2)23-13-8-6-5-7-12(13)15/h5-8,23H,4,9H2,1-3H3,(H2,22,24,25). The van der Waals surface area contributed by atoms with Gasteiger partial charge in [0.1, 0.15) is 17.1 Å². The molecule has 0 unspecified atom stereocenters. The number of nitrogens with one attached hydrogen (secondary N) is 1. The molecule has 1 aromatic carbocycles. The van der Waals surface area contributed by atoms with Crippen molar-refractivity contribution in [3.8, 4) is 0 Å². The summed E-state index contributed by atoms with van der Waals surface area (Å²) in [6.45, 7) is 5.14. The van der Waals surface area contributed by atoms with E-state index in [1.807, 2.05) is 24.3 Å². The highest BCUT2D eigenvalue weighted by molar-refractivity contribution is 6.07. The quantitative estimate of drug-likeness (QED) is 0.480. The van der Waals surface area contributed by atoms with Gasteiger partial charge in [0.05, 0.1) is 17.6 Å². The number of anilines is 1. The maximum absolute atomic E-state index is 12.7. The van der Waals surface area contributed by atoms with E-state index in [9.17, 15) is 9.59 Å². The summed E-state index contributed by atoms with van der Waals surface area (Å²) < 4.78 is 16.0. The SMILES string of the molecule is CCOC(=O)c1c(C)oc2nc(COC(=O)c3c(C)[nH]c4ccccc34)nc(N)c12. The Labute approximate surface area is 171 Å². The molecule has 3 N–H and O–H groups in total. The van der Waals surface area contributed by atoms with Gasteiger partial charge in [-0.15, -0.1) is 0 Å². The molecule has 0 aliphatic carbocycles. The van der Waals surface area contributed by atoms with E-state index < -0.39 is 11.9 Å². The van der Waals surface area contributed by atoms with E-state index in [1.54, 1.807) is 20.8 Å². The van der Waals surface area contributed by atoms with Crippen molar-refractivity contribution < 1.29 is 23.5 Å². The normalized spacial score (nSPS) is 11.2. The Bertz CT molecular complexity index is 1290. The van der Waals surface area contributed by atoms with Crippen LogP contribution in [0.5, 0.6) is 0 Å². The number of aryl methyl sites for hydroxylation is 2. The van der Waals surface area contributed by atoms with Crippen LogP contribution < -0.4 is 5.73 Å². The molecule has 0 aliphatic rings. The number of nitrogen functional groups attached to an aromatic ring is 1. The molecule has 3 aromatic heterocycles. The van der Waals surface area contributed by atoms with Crippen molar-refractivity contribution in [3.05, 3.63) is 52.7 Å². The minimum absolute atomic E-state index is 0.0502. The molecule has 4 rings (SSSR count). The molecule has 9 nitrogen and oxygen atoms in total. The molecule has 0 radical (unpaired) electrons. The summed E-state index contributed by atoms with van der Waals surface area (Å²) >= 11 is 0. The lowest BCUT2D eigenvalue weighted by molar-refractivity contribution is 0.0462. The van der Waals surface area contributed by atoms with Crippen molar-refractivity contribution in [1.29, 1.82) is 0 Å². The third kappa shape index (κ3) is 3.24. The molecule has 0 fully saturated rings. The number of aromatic nitrogens is 3. The van der Waals surface area contributed by atoms with Gasteiger partial charge in [0, 0.05) is 16.6 Å². The van der Waals surface area contributed by atoms with Gasteiger partial charge in [-0.25, -0.2) is 14.6 Å². The number of aromatic amines is 1. The summed E-state index contributed by atoms with van der Waals surface area (Å²) in [6.07, 6.45) is 0. The fraction of sp³-hybridized carbons (Fsp3) is 0.238. The van der Waals surface area contributed by atoms with Gasteiger partial charge in [0.2, 0.25) is 5.71 Å². The number of esters is 2. The number of rotatable bonds is 5. The van der Waals surface area contributed by atoms with Crippen LogP contribution in [0.4, 0.5) is 5.82 Å². The van der Waals surface area contributed by atoms with Crippen LogP contribution in [0.2, 0.25) is 0 Å². The highest BCUT2D eigenvalue weighted by Gasteiger charge is 2.24. The first kappa shape index (κ1) is 19.4. The average Bonchev–Trinajstić information content (AvgIpc) is 3.22. The maximum Gasteiger partial charge on any atom is 0.342 e. The summed E-state index contributed by atoms with van der Waals surface area (Å²) in [5.74, 6) is -0.523. The first-order chi connectivity index (χ1) is 14.4. The van der Waals surface area contributed by atoms with Crippen LogP contribution >= 0.6 is 0 Å². The summed E-state index contributed by atoms with van der Waals surface area (Å²) in [5.41, 5.74) is 8.38. The average molecular weight is 408 g/mol. The van der Waals surface area contributed by atoms with Crippen molar-refractivity contribution in [2.75, 3.05) is 12.3 Å². The van der Waals surface area contributed by atoms with Crippen molar-refractivity contribution in [3.63, 3.8) is 0 Å². The molecular formula is C21H20N4O5. The Balaban J connectivity index is 1.61. The molecular weight excluding hydrogens is 388 g/mol. The number of furan rings is 1. The van der Waals surface area contributed by atoms with Gasteiger partial charge in [-0.05, 0) is 26.8 Å². The van der Waals surface area contributed by atoms with Crippen LogP contribution in [-0.2, 0) is 16.1 Å². The number of para-hydroxylation sites is 1. The molecule has 3 heterocycles. The summed E-state index contributed by atoms with van der Waals surface area (Å²) in [6, 6.07) is 7.47. The minimum atomic E-state index is -0.557. The Morgan fingerprint density at radius 3 is 2.60 bits per heavy atom. The van der Waals surface area contributed by atoms with Gasteiger partial charge in [-0.1, -0.05) is 18.2 Å². The third-order valence-corrected chi connectivity index (χ3v) is 4.71. The monoisotopic (exact) mass is 408 g/mol. The Kier molecular flexibility index (Phi) is 4.86. The molecule has 4 aromatic rings. The molecule has 0 spiro atoms. The largest absolute Gasteiger partial charge is 0.462 e. The van der Waals surface area contributed by atoms with Crippen LogP contribution in [0.3, 0.4) is 0 Å². The number of benzene rings is 1. The Hall–Kier alpha value is -3.88. The zero-order valence-corrected chi connectivity index (χ0v) is 16.7. The minimum Gasteiger partial charge on any atom is -0.462 e. The highest BCUT2D eigenvalue weighted by Crippen LogP contribution is 2.29. The van der Waals surface area contributed by atoms with Gasteiger partial charge in [-0.3, -0.25) is 0 Å². The van der Waals surface area contributed by atoms with E-state index in [4.69, 9.17) is 19.6 Å². The number of H-pyrrole nitrogens is 1. The Morgan fingerprint density at radius 2 is 1.83 bits per heavy atom. The smallest absolute Gasteiger partial charge is 0.342 e. The van der Waals surface area contributed by atoms with E-state index in [1.165, 1.54) is 0 Å². The molecule has 30 heavy (non-hydrogen) atoms. The molecule has 0 saturated heterocycles. The van der Waals surface area contributed by atoms with Crippen molar-refractivity contribution in [2.24, 2.45) is 0 Å². The highest BCUT2D eigenvalue weighted by atomic mass is 16.5. The summed E-state index contributed by atoms with van der Waals surface area (Å²) in [4.78, 5) is 36.4. The Morgan fingerprint density at radius 1 is 1.10 bits per heavy atom. The summed E-state index contributed by atoms with van der Waals surface area (Å²) in [5, 5.41) is 1.06. The van der Waals surface area contributed by atoms with Crippen molar-refractivity contribution >= 4 is 39.8 Å². The molecule has 154 valence electrons. The van der Waals surface area contributed by atoms with Crippen LogP contribution in [0.25, 0.3) is 22.0 Å². The first-order valence-electron chi connectivity index (χ1n) is 9.37. The second kappa shape index (κ2) is 7.51. The van der Waals surface area contributed by atoms with Crippen LogP contribution in [0, 0.1) is 13.8 Å². The second-order valence-corrected chi connectivity index (χ2v) is 6.71. The van der Waals surface area contributed by atoms with Crippen LogP contribution in [0.15, 0.2) is 28.7 Å². The number of nitrogens with zero attached hydrogens (tertiary/aromatic N) is 2. The maximum atomic E-state index is 12.7. The number of carbonyl (C=O) groups is 2. The van der Waals surface area contributed by atoms with Gasteiger partial charge < -0.3 is 24.6 Å². The zero-order chi connectivity index (χ0) is 21.4. The second-order valence-electron chi connectivity index (χ2n) is 6.71. The molecule has 0 aliphatic heterocycles. The molecule has 0 amide bonds. The van der Waals surface area contributed by atoms with Crippen LogP contribution in [-0.4, -0.2) is 33.5 Å². The van der Waals surface area contributed by atoms with Gasteiger partial charge >= 0.3 is 11.9 Å². The number of carbonyl (C=O) groups excluding carboxylic acids is 2. The lowest BCUT2D eigenvalue weighted by Gasteiger charge is -2.06. The fourth-order valence-electron chi connectivity index (χ4n) is 3.44. The van der Waals surface area contributed by atoms with Gasteiger partial charge in [-0.2, -0.15) is 4.98 Å². The zero-order valence-electron chi connectivity index (χ0n) is 16.7. The molecule has 0 bridgehead atoms. The van der Waals surface area contributed by atoms with E-state index in [0.717, 1.165) is 10.9 Å². The number of hydrogen-bond acceptors (Lipinski definition) is 8. The fourth-order valence-corrected chi connectivity index (χ4v) is 3.44. The molecule has 0 atom stereocenters. The third-order valence-electron chi connectivity index (χ3n) is 4.71. The molecule has 0 saturated carbocycles. The van der Waals surface area contributed by atoms with E-state index in [0.29, 0.717) is 17.0 Å². The van der Waals surface area contributed by atoms with Gasteiger partial charge in [0.15, 0.2) is 12.4 Å². The number of hydrogen-bond donors (Lipinski definition) is 2. The topological polar surface area (TPSA) is 133 Å². The lowest BCUT2D eigenvalue weighted by Crippen LogP contribution is -2.10. The van der Waals surface area contributed by atoms with Crippen molar-refractivity contribution in [2.45, 2.75) is 27.4 Å². The van der Waals surface area contributed by atoms with E-state index >= 15 is 0 Å². The van der Waals surface area contributed by atoms with Crippen LogP contribution in [0.1, 0.15) is 44.9 Å². The molecule has 9 heteroatoms. The number of nitrogens with two attached hydrogens (primary N) is 1. The van der Waals surface area contributed by atoms with Gasteiger partial charge in [0.25, 0.3) is 0 Å². The predicted octanol–water partition coefficient (Wildman–Crippen LogP) is 3.44. The number of fused-ring (bicyclic) bond motifs is 2. The van der Waals surface area contributed by atoms with E-state index in [-0.39, 0.29) is 41.5 Å².